The number of aryl methyl sites for hydroxylation is 1. The molecule has 1 atom stereocenters. The minimum Gasteiger partial charge on any atom is -0.271 e. The molecule has 0 spiro atoms. The van der Waals surface area contributed by atoms with E-state index in [4.69, 9.17) is 5.84 Å². The van der Waals surface area contributed by atoms with Gasteiger partial charge in [0.2, 0.25) is 0 Å². The van der Waals surface area contributed by atoms with Crippen LogP contribution in [0.4, 0.5) is 0 Å². The van der Waals surface area contributed by atoms with Crippen LogP contribution < -0.4 is 11.3 Å². The number of nitrogens with zero attached hydrogens (tertiary/aromatic N) is 1. The molecule has 1 aliphatic rings. The number of pyridine rings is 1. The summed E-state index contributed by atoms with van der Waals surface area (Å²) in [6.07, 6.45) is 11.8. The van der Waals surface area contributed by atoms with E-state index in [1.54, 1.807) is 0 Å². The van der Waals surface area contributed by atoms with Gasteiger partial charge in [0, 0.05) is 11.9 Å². The highest BCUT2D eigenvalue weighted by Gasteiger charge is 2.17. The molecule has 1 aliphatic carbocycles. The quantitative estimate of drug-likeness (QED) is 0.488. The second kappa shape index (κ2) is 6.66. The van der Waals surface area contributed by atoms with Crippen molar-refractivity contribution >= 4 is 0 Å². The molecule has 0 saturated heterocycles. The summed E-state index contributed by atoms with van der Waals surface area (Å²) in [5, 5.41) is 0. The van der Waals surface area contributed by atoms with Crippen LogP contribution in [0.3, 0.4) is 0 Å². The number of nitrogens with one attached hydrogen (secondary N) is 1. The fourth-order valence-electron chi connectivity index (χ4n) is 2.68. The van der Waals surface area contributed by atoms with E-state index in [2.05, 4.69) is 22.6 Å². The van der Waals surface area contributed by atoms with Gasteiger partial charge in [-0.15, -0.1) is 0 Å². The maximum Gasteiger partial charge on any atom is 0.0687 e. The molecule has 3 nitrogen and oxygen atoms in total. The van der Waals surface area contributed by atoms with Gasteiger partial charge in [0.25, 0.3) is 0 Å². The first-order chi connectivity index (χ1) is 8.83. The topological polar surface area (TPSA) is 50.9 Å². The van der Waals surface area contributed by atoms with E-state index in [1.807, 2.05) is 19.2 Å². The SMILES string of the molecule is Cc1ncccc1C(NN)/C1=C/CCCCCC1. The van der Waals surface area contributed by atoms with Gasteiger partial charge in [0.15, 0.2) is 0 Å². The minimum atomic E-state index is 0.122. The van der Waals surface area contributed by atoms with E-state index < -0.39 is 0 Å². The maximum absolute atomic E-state index is 5.78. The zero-order valence-electron chi connectivity index (χ0n) is 11.2. The smallest absolute Gasteiger partial charge is 0.0687 e. The summed E-state index contributed by atoms with van der Waals surface area (Å²) >= 11 is 0. The third-order valence-electron chi connectivity index (χ3n) is 3.72. The van der Waals surface area contributed by atoms with Gasteiger partial charge in [-0.05, 0) is 44.2 Å². The molecule has 2 rings (SSSR count). The summed E-state index contributed by atoms with van der Waals surface area (Å²) in [7, 11) is 0. The monoisotopic (exact) mass is 245 g/mol. The minimum absolute atomic E-state index is 0.122. The van der Waals surface area contributed by atoms with Crippen LogP contribution in [0.25, 0.3) is 0 Å². The Bertz CT molecular complexity index is 412. The molecule has 18 heavy (non-hydrogen) atoms. The lowest BCUT2D eigenvalue weighted by Crippen LogP contribution is -2.30. The van der Waals surface area contributed by atoms with Crippen molar-refractivity contribution < 1.29 is 0 Å². The third-order valence-corrected chi connectivity index (χ3v) is 3.72. The number of hydrogen-bond acceptors (Lipinski definition) is 3. The van der Waals surface area contributed by atoms with Crippen LogP contribution in [0.5, 0.6) is 0 Å². The standard InChI is InChI=1S/C15H23N3/c1-12-14(10-7-11-17-12)15(18-16)13-8-5-3-2-4-6-9-13/h7-8,10-11,15,18H,2-6,9,16H2,1H3/b13-8+. The molecular weight excluding hydrogens is 222 g/mol. The normalized spacial score (nSPS) is 21.6. The second-order valence-corrected chi connectivity index (χ2v) is 5.01. The van der Waals surface area contributed by atoms with Crippen LogP contribution in [0.2, 0.25) is 0 Å². The molecule has 0 bridgehead atoms. The highest BCUT2D eigenvalue weighted by atomic mass is 15.2. The van der Waals surface area contributed by atoms with Crippen molar-refractivity contribution in [3.05, 3.63) is 41.2 Å². The van der Waals surface area contributed by atoms with Gasteiger partial charge in [-0.2, -0.15) is 0 Å². The van der Waals surface area contributed by atoms with Gasteiger partial charge in [0.05, 0.1) is 6.04 Å². The Balaban J connectivity index is 2.24. The van der Waals surface area contributed by atoms with Crippen LogP contribution in [0, 0.1) is 6.92 Å². The zero-order valence-corrected chi connectivity index (χ0v) is 11.2. The Morgan fingerprint density at radius 1 is 1.28 bits per heavy atom. The molecule has 0 amide bonds. The lowest BCUT2D eigenvalue weighted by Gasteiger charge is -2.23. The van der Waals surface area contributed by atoms with Crippen molar-refractivity contribution in [1.29, 1.82) is 0 Å². The number of nitrogens with two attached hydrogens (primary N) is 1. The average Bonchev–Trinajstić information content (AvgIpc) is 2.34. The van der Waals surface area contributed by atoms with Gasteiger partial charge in [-0.3, -0.25) is 10.8 Å². The molecule has 0 aromatic carbocycles. The number of hydrogen-bond donors (Lipinski definition) is 2. The van der Waals surface area contributed by atoms with Gasteiger partial charge >= 0.3 is 0 Å². The van der Waals surface area contributed by atoms with Gasteiger partial charge in [-0.1, -0.05) is 30.6 Å². The van der Waals surface area contributed by atoms with E-state index in [0.717, 1.165) is 12.1 Å². The van der Waals surface area contributed by atoms with E-state index >= 15 is 0 Å². The summed E-state index contributed by atoms with van der Waals surface area (Å²) in [5.74, 6) is 5.78. The van der Waals surface area contributed by atoms with Gasteiger partial charge < -0.3 is 0 Å². The molecule has 1 aromatic rings. The lowest BCUT2D eigenvalue weighted by atomic mass is 9.91. The molecule has 0 fully saturated rings. The van der Waals surface area contributed by atoms with Crippen molar-refractivity contribution in [1.82, 2.24) is 10.4 Å². The highest BCUT2D eigenvalue weighted by molar-refractivity contribution is 5.30. The van der Waals surface area contributed by atoms with E-state index in [1.165, 1.54) is 43.2 Å². The molecule has 98 valence electrons. The molecule has 1 heterocycles. The fourth-order valence-corrected chi connectivity index (χ4v) is 2.68. The Labute approximate surface area is 109 Å². The first-order valence-electron chi connectivity index (χ1n) is 6.89. The zero-order chi connectivity index (χ0) is 12.8. The van der Waals surface area contributed by atoms with Crippen molar-refractivity contribution in [2.45, 2.75) is 51.5 Å². The van der Waals surface area contributed by atoms with E-state index in [0.29, 0.717) is 0 Å². The van der Waals surface area contributed by atoms with Crippen LogP contribution >= 0.6 is 0 Å². The molecule has 0 saturated carbocycles. The molecule has 1 unspecified atom stereocenters. The van der Waals surface area contributed by atoms with Gasteiger partial charge in [-0.25, -0.2) is 5.43 Å². The molecule has 0 radical (unpaired) electrons. The number of aromatic nitrogens is 1. The van der Waals surface area contributed by atoms with Crippen molar-refractivity contribution in [2.24, 2.45) is 5.84 Å². The molecule has 3 heteroatoms. The predicted octanol–water partition coefficient (Wildman–Crippen LogP) is 3.18. The lowest BCUT2D eigenvalue weighted by molar-refractivity contribution is 0.552. The Hall–Kier alpha value is -1.19. The first-order valence-corrected chi connectivity index (χ1v) is 6.89. The van der Waals surface area contributed by atoms with Crippen LogP contribution in [0.1, 0.15) is 55.8 Å². The first kappa shape index (κ1) is 13.2. The summed E-state index contributed by atoms with van der Waals surface area (Å²) in [6, 6.07) is 4.22. The number of allylic oxidation sites excluding steroid dienone is 1. The summed E-state index contributed by atoms with van der Waals surface area (Å²) in [4.78, 5) is 4.36. The molecular formula is C15H23N3. The summed E-state index contributed by atoms with van der Waals surface area (Å²) in [6.45, 7) is 2.04. The fraction of sp³-hybridized carbons (Fsp3) is 0.533. The average molecular weight is 245 g/mol. The third kappa shape index (κ3) is 3.18. The highest BCUT2D eigenvalue weighted by Crippen LogP contribution is 2.29. The number of rotatable bonds is 3. The Kier molecular flexibility index (Phi) is 4.90. The van der Waals surface area contributed by atoms with Crippen molar-refractivity contribution in [2.75, 3.05) is 0 Å². The summed E-state index contributed by atoms with van der Waals surface area (Å²) < 4.78 is 0. The molecule has 1 aromatic heterocycles. The van der Waals surface area contributed by atoms with Crippen LogP contribution in [-0.2, 0) is 0 Å². The molecule has 0 aliphatic heterocycles. The maximum atomic E-state index is 5.78. The van der Waals surface area contributed by atoms with Crippen LogP contribution in [0.15, 0.2) is 30.0 Å². The van der Waals surface area contributed by atoms with Gasteiger partial charge in [0.1, 0.15) is 0 Å². The van der Waals surface area contributed by atoms with Crippen molar-refractivity contribution in [3.63, 3.8) is 0 Å². The second-order valence-electron chi connectivity index (χ2n) is 5.01. The Morgan fingerprint density at radius 3 is 2.89 bits per heavy atom. The molecule has 3 N–H and O–H groups in total. The number of hydrazine groups is 1. The Morgan fingerprint density at radius 2 is 2.11 bits per heavy atom. The van der Waals surface area contributed by atoms with E-state index in [-0.39, 0.29) is 6.04 Å². The van der Waals surface area contributed by atoms with E-state index in [9.17, 15) is 0 Å². The summed E-state index contributed by atoms with van der Waals surface area (Å²) in [5.41, 5.74) is 6.65. The predicted molar refractivity (Wildman–Crippen MR) is 74.8 cm³/mol. The van der Waals surface area contributed by atoms with Crippen molar-refractivity contribution in [3.8, 4) is 0 Å². The largest absolute Gasteiger partial charge is 0.271 e. The van der Waals surface area contributed by atoms with Crippen LogP contribution in [-0.4, -0.2) is 4.98 Å².